The van der Waals surface area contributed by atoms with Crippen molar-refractivity contribution in [2.45, 2.75) is 51.6 Å². The molecule has 0 aliphatic carbocycles. The summed E-state index contributed by atoms with van der Waals surface area (Å²) >= 11 is 0. The second-order valence-corrected chi connectivity index (χ2v) is 5.62. The largest absolute Gasteiger partial charge is 0.353 e. The van der Waals surface area contributed by atoms with Crippen molar-refractivity contribution in [3.63, 3.8) is 0 Å². The van der Waals surface area contributed by atoms with Crippen LogP contribution in [0.5, 0.6) is 0 Å². The topological polar surface area (TPSA) is 52.7 Å². The summed E-state index contributed by atoms with van der Waals surface area (Å²) in [6, 6.07) is 0.0883. The maximum atomic E-state index is 12.0. The van der Waals surface area contributed by atoms with E-state index in [4.69, 9.17) is 0 Å². The Bertz CT molecular complexity index is 318. The zero-order valence-electron chi connectivity index (χ0n) is 12.6. The molecule has 0 aromatic carbocycles. The summed E-state index contributed by atoms with van der Waals surface area (Å²) in [6.45, 7) is 5.29. The predicted octanol–water partition coefficient (Wildman–Crippen LogP) is 0.844. The molecule has 1 aliphatic heterocycles. The highest BCUT2D eigenvalue weighted by atomic mass is 16.2. The molecule has 2 amide bonds. The molecule has 0 unspecified atom stereocenters. The van der Waals surface area contributed by atoms with Gasteiger partial charge in [0.25, 0.3) is 0 Å². The van der Waals surface area contributed by atoms with Crippen molar-refractivity contribution in [1.29, 1.82) is 0 Å². The number of hydrogen-bond acceptors (Lipinski definition) is 3. The fraction of sp³-hybridized carbons (Fsp3) is 0.857. The van der Waals surface area contributed by atoms with Crippen molar-refractivity contribution in [1.82, 2.24) is 15.1 Å². The van der Waals surface area contributed by atoms with Crippen molar-refractivity contribution >= 4 is 11.8 Å². The van der Waals surface area contributed by atoms with Crippen LogP contribution >= 0.6 is 0 Å². The van der Waals surface area contributed by atoms with Crippen LogP contribution in [0.4, 0.5) is 0 Å². The van der Waals surface area contributed by atoms with Gasteiger partial charge < -0.3 is 10.2 Å². The van der Waals surface area contributed by atoms with Gasteiger partial charge in [0, 0.05) is 20.1 Å². The minimum Gasteiger partial charge on any atom is -0.353 e. The molecule has 1 N–H and O–H groups in total. The first-order valence-corrected chi connectivity index (χ1v) is 7.20. The van der Waals surface area contributed by atoms with E-state index >= 15 is 0 Å². The van der Waals surface area contributed by atoms with Gasteiger partial charge in [0.2, 0.25) is 11.8 Å². The average molecular weight is 269 g/mol. The lowest BCUT2D eigenvalue weighted by molar-refractivity contribution is -0.134. The van der Waals surface area contributed by atoms with E-state index in [1.165, 1.54) is 0 Å². The first kappa shape index (κ1) is 16.0. The molecule has 19 heavy (non-hydrogen) atoms. The second-order valence-electron chi connectivity index (χ2n) is 5.62. The normalized spacial score (nSPS) is 21.2. The van der Waals surface area contributed by atoms with E-state index in [9.17, 15) is 9.59 Å². The lowest BCUT2D eigenvalue weighted by Crippen LogP contribution is -2.47. The molecule has 0 aromatic rings. The van der Waals surface area contributed by atoms with Crippen molar-refractivity contribution in [3.05, 3.63) is 0 Å². The van der Waals surface area contributed by atoms with Crippen LogP contribution in [0.3, 0.4) is 0 Å². The van der Waals surface area contributed by atoms with Gasteiger partial charge in [-0.05, 0) is 32.7 Å². The van der Waals surface area contributed by atoms with Gasteiger partial charge in [-0.1, -0.05) is 13.3 Å². The number of carbonyl (C=O) groups is 2. The summed E-state index contributed by atoms with van der Waals surface area (Å²) in [6.07, 6.45) is 3.90. The zero-order valence-corrected chi connectivity index (χ0v) is 12.6. The van der Waals surface area contributed by atoms with Crippen molar-refractivity contribution in [2.75, 3.05) is 27.2 Å². The van der Waals surface area contributed by atoms with Crippen LogP contribution in [0.1, 0.15) is 39.5 Å². The lowest BCUT2D eigenvalue weighted by Gasteiger charge is -2.26. The van der Waals surface area contributed by atoms with E-state index in [-0.39, 0.29) is 23.9 Å². The second kappa shape index (κ2) is 7.48. The van der Waals surface area contributed by atoms with Gasteiger partial charge in [0.1, 0.15) is 0 Å². The van der Waals surface area contributed by atoms with E-state index in [1.807, 2.05) is 11.8 Å². The smallest absolute Gasteiger partial charge is 0.239 e. The zero-order chi connectivity index (χ0) is 14.4. The van der Waals surface area contributed by atoms with Crippen molar-refractivity contribution in [3.8, 4) is 0 Å². The summed E-state index contributed by atoms with van der Waals surface area (Å²) in [5.74, 6) is 0.131. The Hall–Kier alpha value is -1.10. The van der Waals surface area contributed by atoms with Crippen LogP contribution in [-0.4, -0.2) is 60.9 Å². The van der Waals surface area contributed by atoms with Crippen LogP contribution < -0.4 is 5.32 Å². The summed E-state index contributed by atoms with van der Waals surface area (Å²) in [5.41, 5.74) is 0. The third-order valence-corrected chi connectivity index (χ3v) is 3.57. The van der Waals surface area contributed by atoms with Gasteiger partial charge in [-0.15, -0.1) is 0 Å². The highest BCUT2D eigenvalue weighted by Crippen LogP contribution is 2.18. The van der Waals surface area contributed by atoms with E-state index in [1.54, 1.807) is 19.0 Å². The lowest BCUT2D eigenvalue weighted by atomic mass is 10.2. The van der Waals surface area contributed by atoms with E-state index in [0.717, 1.165) is 32.2 Å². The van der Waals surface area contributed by atoms with Gasteiger partial charge in [-0.2, -0.15) is 0 Å². The molecule has 5 heteroatoms. The highest BCUT2D eigenvalue weighted by Gasteiger charge is 2.32. The molecule has 1 heterocycles. The van der Waals surface area contributed by atoms with Crippen LogP contribution in [0.2, 0.25) is 0 Å². The number of rotatable bonds is 6. The minimum atomic E-state index is -0.123. The Morgan fingerprint density at radius 1 is 1.42 bits per heavy atom. The molecule has 0 saturated carbocycles. The Morgan fingerprint density at radius 3 is 2.68 bits per heavy atom. The monoisotopic (exact) mass is 269 g/mol. The Labute approximate surface area is 116 Å². The number of likely N-dealkylation sites (N-methyl/N-ethyl adjacent to an activating group) is 1. The van der Waals surface area contributed by atoms with Crippen molar-refractivity contribution < 1.29 is 9.59 Å². The van der Waals surface area contributed by atoms with E-state index in [0.29, 0.717) is 6.54 Å². The van der Waals surface area contributed by atoms with E-state index in [2.05, 4.69) is 12.2 Å². The van der Waals surface area contributed by atoms with Gasteiger partial charge >= 0.3 is 0 Å². The SMILES string of the molecule is CCC[C@@H](C)NC(=O)CN1CCC[C@@H]1C(=O)N(C)C. The maximum Gasteiger partial charge on any atom is 0.239 e. The third kappa shape index (κ3) is 4.82. The van der Waals surface area contributed by atoms with Crippen LogP contribution in [0.25, 0.3) is 0 Å². The van der Waals surface area contributed by atoms with Gasteiger partial charge in [-0.25, -0.2) is 0 Å². The van der Waals surface area contributed by atoms with Gasteiger partial charge in [-0.3, -0.25) is 14.5 Å². The van der Waals surface area contributed by atoms with Crippen LogP contribution in [0.15, 0.2) is 0 Å². The van der Waals surface area contributed by atoms with Gasteiger partial charge in [0.15, 0.2) is 0 Å². The molecule has 0 spiro atoms. The number of nitrogens with zero attached hydrogens (tertiary/aromatic N) is 2. The Kier molecular flexibility index (Phi) is 6.28. The van der Waals surface area contributed by atoms with Crippen LogP contribution in [0, 0.1) is 0 Å². The fourth-order valence-electron chi connectivity index (χ4n) is 2.60. The Balaban J connectivity index is 2.46. The average Bonchev–Trinajstić information content (AvgIpc) is 2.75. The molecule has 1 rings (SSSR count). The molecular formula is C14H27N3O2. The molecule has 5 nitrogen and oxygen atoms in total. The van der Waals surface area contributed by atoms with E-state index < -0.39 is 0 Å². The van der Waals surface area contributed by atoms with Gasteiger partial charge in [0.05, 0.1) is 12.6 Å². The first-order chi connectivity index (χ1) is 8.95. The summed E-state index contributed by atoms with van der Waals surface area (Å²) < 4.78 is 0. The molecule has 1 aliphatic rings. The quantitative estimate of drug-likeness (QED) is 0.777. The standard InChI is InChI=1S/C14H27N3O2/c1-5-7-11(2)15-13(18)10-17-9-6-8-12(17)14(19)16(3)4/h11-12H,5-10H2,1-4H3,(H,15,18)/t11-,12-/m1/s1. The third-order valence-electron chi connectivity index (χ3n) is 3.57. The fourth-order valence-corrected chi connectivity index (χ4v) is 2.60. The summed E-state index contributed by atoms with van der Waals surface area (Å²) in [7, 11) is 3.53. The minimum absolute atomic E-state index is 0.0272. The molecule has 0 radical (unpaired) electrons. The molecule has 2 atom stereocenters. The maximum absolute atomic E-state index is 12.0. The van der Waals surface area contributed by atoms with Crippen molar-refractivity contribution in [2.24, 2.45) is 0 Å². The number of nitrogens with one attached hydrogen (secondary N) is 1. The number of carbonyl (C=O) groups excluding carboxylic acids is 2. The highest BCUT2D eigenvalue weighted by molar-refractivity contribution is 5.83. The number of amides is 2. The molecule has 1 fully saturated rings. The first-order valence-electron chi connectivity index (χ1n) is 7.20. The molecular weight excluding hydrogens is 242 g/mol. The molecule has 0 aromatic heterocycles. The molecule has 110 valence electrons. The summed E-state index contributed by atoms with van der Waals surface area (Å²) in [5, 5.41) is 2.99. The summed E-state index contributed by atoms with van der Waals surface area (Å²) in [4.78, 5) is 27.6. The number of likely N-dealkylation sites (tertiary alicyclic amines) is 1. The predicted molar refractivity (Wildman–Crippen MR) is 75.8 cm³/mol. The molecule has 1 saturated heterocycles. The number of hydrogen-bond donors (Lipinski definition) is 1. The van der Waals surface area contributed by atoms with Crippen LogP contribution in [-0.2, 0) is 9.59 Å². The molecule has 0 bridgehead atoms. The Morgan fingerprint density at radius 2 is 2.11 bits per heavy atom.